The number of hydrogen-bond donors (Lipinski definition) is 2. The summed E-state index contributed by atoms with van der Waals surface area (Å²) in [6, 6.07) is 6.55. The normalized spacial score (nSPS) is 18.4. The van der Waals surface area contributed by atoms with Crippen LogP contribution in [0.2, 0.25) is 5.02 Å². The zero-order valence-corrected chi connectivity index (χ0v) is 12.5. The summed E-state index contributed by atoms with van der Waals surface area (Å²) in [5.41, 5.74) is 0.536. The van der Waals surface area contributed by atoms with E-state index in [0.29, 0.717) is 23.7 Å². The summed E-state index contributed by atoms with van der Waals surface area (Å²) >= 11 is 5.77. The van der Waals surface area contributed by atoms with Crippen molar-refractivity contribution in [1.29, 1.82) is 0 Å². The molecule has 1 atom stereocenters. The van der Waals surface area contributed by atoms with Gasteiger partial charge in [0.25, 0.3) is 0 Å². The first-order chi connectivity index (χ1) is 10.1. The Morgan fingerprint density at radius 3 is 2.67 bits per heavy atom. The predicted octanol–water partition coefficient (Wildman–Crippen LogP) is 2.04. The average molecular weight is 311 g/mol. The van der Waals surface area contributed by atoms with E-state index in [1.165, 1.54) is 0 Å². The number of benzene rings is 1. The van der Waals surface area contributed by atoms with Crippen LogP contribution in [0.3, 0.4) is 0 Å². The van der Waals surface area contributed by atoms with E-state index in [0.717, 1.165) is 19.3 Å². The van der Waals surface area contributed by atoms with E-state index in [2.05, 4.69) is 5.32 Å². The monoisotopic (exact) mass is 310 g/mol. The van der Waals surface area contributed by atoms with Gasteiger partial charge in [0, 0.05) is 29.9 Å². The standard InChI is InChI=1S/C15H19ClN2O3/c16-11-4-6-12(7-5-11)17-14(20)15(21)18-9-2-1-3-13(18)8-10-19/h4-7,13,19H,1-3,8-10H2,(H,17,20). The number of aliphatic hydroxyl groups is 1. The molecule has 2 amide bonds. The van der Waals surface area contributed by atoms with Crippen molar-refractivity contribution in [2.24, 2.45) is 0 Å². The fourth-order valence-corrected chi connectivity index (χ4v) is 2.69. The lowest BCUT2D eigenvalue weighted by molar-refractivity contribution is -0.146. The number of halogens is 1. The molecule has 1 saturated heterocycles. The molecule has 0 radical (unpaired) electrons. The number of nitrogens with zero attached hydrogens (tertiary/aromatic N) is 1. The number of nitrogens with one attached hydrogen (secondary N) is 1. The van der Waals surface area contributed by atoms with E-state index in [-0.39, 0.29) is 12.6 Å². The Kier molecular flexibility index (Phi) is 5.59. The van der Waals surface area contributed by atoms with Gasteiger partial charge >= 0.3 is 11.8 Å². The highest BCUT2D eigenvalue weighted by Crippen LogP contribution is 2.20. The van der Waals surface area contributed by atoms with Crippen molar-refractivity contribution in [1.82, 2.24) is 4.90 Å². The largest absolute Gasteiger partial charge is 0.396 e. The highest BCUT2D eigenvalue weighted by Gasteiger charge is 2.30. The van der Waals surface area contributed by atoms with Gasteiger partial charge in [0.2, 0.25) is 0 Å². The molecule has 1 heterocycles. The molecule has 2 rings (SSSR count). The Hall–Kier alpha value is -1.59. The van der Waals surface area contributed by atoms with Gasteiger partial charge in [-0.3, -0.25) is 9.59 Å². The molecule has 1 aliphatic heterocycles. The molecule has 0 saturated carbocycles. The Morgan fingerprint density at radius 1 is 1.29 bits per heavy atom. The van der Waals surface area contributed by atoms with Crippen LogP contribution in [0.25, 0.3) is 0 Å². The van der Waals surface area contributed by atoms with Gasteiger partial charge in [-0.25, -0.2) is 0 Å². The number of aliphatic hydroxyl groups excluding tert-OH is 1. The van der Waals surface area contributed by atoms with Gasteiger partial charge in [0.05, 0.1) is 0 Å². The molecular weight excluding hydrogens is 292 g/mol. The molecule has 1 unspecified atom stereocenters. The molecular formula is C15H19ClN2O3. The molecule has 1 aromatic carbocycles. The van der Waals surface area contributed by atoms with Gasteiger partial charge in [0.15, 0.2) is 0 Å². The smallest absolute Gasteiger partial charge is 0.313 e. The maximum atomic E-state index is 12.3. The molecule has 0 aliphatic carbocycles. The van der Waals surface area contributed by atoms with Gasteiger partial charge in [-0.15, -0.1) is 0 Å². The van der Waals surface area contributed by atoms with Crippen molar-refractivity contribution < 1.29 is 14.7 Å². The van der Waals surface area contributed by atoms with Crippen LogP contribution in [-0.2, 0) is 9.59 Å². The molecule has 2 N–H and O–H groups in total. The number of amides is 2. The lowest BCUT2D eigenvalue weighted by Gasteiger charge is -2.35. The van der Waals surface area contributed by atoms with Crippen LogP contribution in [0, 0.1) is 0 Å². The van der Waals surface area contributed by atoms with Crippen molar-refractivity contribution in [3.05, 3.63) is 29.3 Å². The Bertz CT molecular complexity index is 502. The van der Waals surface area contributed by atoms with Gasteiger partial charge in [-0.2, -0.15) is 0 Å². The van der Waals surface area contributed by atoms with Crippen LogP contribution >= 0.6 is 11.6 Å². The van der Waals surface area contributed by atoms with Crippen molar-refractivity contribution in [3.63, 3.8) is 0 Å². The fourth-order valence-electron chi connectivity index (χ4n) is 2.57. The molecule has 0 spiro atoms. The van der Waals surface area contributed by atoms with Crippen LogP contribution in [0.4, 0.5) is 5.69 Å². The molecule has 21 heavy (non-hydrogen) atoms. The highest BCUT2D eigenvalue weighted by molar-refractivity contribution is 6.39. The number of rotatable bonds is 3. The number of carbonyl (C=O) groups is 2. The maximum Gasteiger partial charge on any atom is 0.313 e. The SMILES string of the molecule is O=C(Nc1ccc(Cl)cc1)C(=O)N1CCCCC1CCO. The second-order valence-electron chi connectivity index (χ2n) is 5.12. The number of piperidine rings is 1. The number of hydrogen-bond acceptors (Lipinski definition) is 3. The molecule has 5 nitrogen and oxygen atoms in total. The highest BCUT2D eigenvalue weighted by atomic mass is 35.5. The van der Waals surface area contributed by atoms with E-state index < -0.39 is 11.8 Å². The Balaban J connectivity index is 2.00. The predicted molar refractivity (Wildman–Crippen MR) is 81.1 cm³/mol. The zero-order valence-electron chi connectivity index (χ0n) is 11.7. The van der Waals surface area contributed by atoms with Crippen molar-refractivity contribution in [2.45, 2.75) is 31.7 Å². The molecule has 114 valence electrons. The second-order valence-corrected chi connectivity index (χ2v) is 5.56. The zero-order chi connectivity index (χ0) is 15.2. The average Bonchev–Trinajstić information content (AvgIpc) is 2.50. The molecule has 6 heteroatoms. The van der Waals surface area contributed by atoms with Gasteiger partial charge in [0.1, 0.15) is 0 Å². The summed E-state index contributed by atoms with van der Waals surface area (Å²) in [7, 11) is 0. The van der Waals surface area contributed by atoms with Crippen molar-refractivity contribution >= 4 is 29.1 Å². The first kappa shape index (κ1) is 15.8. The minimum absolute atomic E-state index is 0.0211. The maximum absolute atomic E-state index is 12.3. The summed E-state index contributed by atoms with van der Waals surface area (Å²) in [5, 5.41) is 12.2. The molecule has 0 bridgehead atoms. The van der Waals surface area contributed by atoms with Crippen LogP contribution in [0.1, 0.15) is 25.7 Å². The van der Waals surface area contributed by atoms with E-state index in [1.54, 1.807) is 29.2 Å². The summed E-state index contributed by atoms with van der Waals surface area (Å²) in [5.74, 6) is -1.19. The van der Waals surface area contributed by atoms with Crippen molar-refractivity contribution in [3.8, 4) is 0 Å². The van der Waals surface area contributed by atoms with Crippen LogP contribution in [0.15, 0.2) is 24.3 Å². The summed E-state index contributed by atoms with van der Waals surface area (Å²) in [4.78, 5) is 25.9. The third-order valence-corrected chi connectivity index (χ3v) is 3.90. The number of likely N-dealkylation sites (tertiary alicyclic amines) is 1. The summed E-state index contributed by atoms with van der Waals surface area (Å²) < 4.78 is 0. The quantitative estimate of drug-likeness (QED) is 0.839. The lowest BCUT2D eigenvalue weighted by atomic mass is 9.99. The lowest BCUT2D eigenvalue weighted by Crippen LogP contribution is -2.48. The van der Waals surface area contributed by atoms with Gasteiger partial charge in [-0.1, -0.05) is 11.6 Å². The Labute approximate surface area is 128 Å². The summed E-state index contributed by atoms with van der Waals surface area (Å²) in [6.07, 6.45) is 3.26. The third kappa shape index (κ3) is 4.19. The molecule has 0 aromatic heterocycles. The van der Waals surface area contributed by atoms with E-state index in [4.69, 9.17) is 16.7 Å². The van der Waals surface area contributed by atoms with E-state index in [9.17, 15) is 9.59 Å². The van der Waals surface area contributed by atoms with E-state index in [1.807, 2.05) is 0 Å². The summed E-state index contributed by atoms with van der Waals surface area (Å²) in [6.45, 7) is 0.588. The third-order valence-electron chi connectivity index (χ3n) is 3.65. The fraction of sp³-hybridized carbons (Fsp3) is 0.467. The molecule has 1 fully saturated rings. The number of carbonyl (C=O) groups excluding carboxylic acids is 2. The molecule has 1 aliphatic rings. The van der Waals surface area contributed by atoms with E-state index >= 15 is 0 Å². The minimum Gasteiger partial charge on any atom is -0.396 e. The topological polar surface area (TPSA) is 69.6 Å². The van der Waals surface area contributed by atoms with Crippen LogP contribution < -0.4 is 5.32 Å². The minimum atomic E-state index is -0.651. The second kappa shape index (κ2) is 7.43. The van der Waals surface area contributed by atoms with Crippen LogP contribution in [-0.4, -0.2) is 41.0 Å². The van der Waals surface area contributed by atoms with Crippen molar-refractivity contribution in [2.75, 3.05) is 18.5 Å². The molecule has 1 aromatic rings. The first-order valence-electron chi connectivity index (χ1n) is 7.10. The van der Waals surface area contributed by atoms with Crippen LogP contribution in [0.5, 0.6) is 0 Å². The number of anilines is 1. The first-order valence-corrected chi connectivity index (χ1v) is 7.48. The Morgan fingerprint density at radius 2 is 2.00 bits per heavy atom. The van der Waals surface area contributed by atoms with Gasteiger partial charge in [-0.05, 0) is 49.9 Å². The van der Waals surface area contributed by atoms with Gasteiger partial charge < -0.3 is 15.3 Å².